The number of rotatable bonds is 9. The Bertz CT molecular complexity index is 1170. The predicted molar refractivity (Wildman–Crippen MR) is 125 cm³/mol. The smallest absolute Gasteiger partial charge is 0.252 e. The Labute approximate surface area is 188 Å². The zero-order chi connectivity index (χ0) is 22.5. The monoisotopic (exact) mass is 431 g/mol. The van der Waals surface area contributed by atoms with Crippen molar-refractivity contribution in [3.63, 3.8) is 0 Å². The van der Waals surface area contributed by atoms with E-state index in [1.165, 1.54) is 0 Å². The van der Waals surface area contributed by atoms with E-state index in [2.05, 4.69) is 36.1 Å². The van der Waals surface area contributed by atoms with Crippen molar-refractivity contribution in [3.05, 3.63) is 72.3 Å². The Kier molecular flexibility index (Phi) is 6.66. The fraction of sp³-hybridized carbons (Fsp3) is 0.320. The van der Waals surface area contributed by atoms with Gasteiger partial charge in [-0.25, -0.2) is 9.67 Å². The highest BCUT2D eigenvalue weighted by atomic mass is 16.3. The van der Waals surface area contributed by atoms with Crippen LogP contribution in [0.25, 0.3) is 22.3 Å². The summed E-state index contributed by atoms with van der Waals surface area (Å²) in [5.74, 6) is 0.660. The molecule has 0 saturated carbocycles. The van der Waals surface area contributed by atoms with Gasteiger partial charge in [0.1, 0.15) is 12.3 Å². The quantitative estimate of drug-likeness (QED) is 0.430. The van der Waals surface area contributed by atoms with Crippen LogP contribution in [0, 0.1) is 0 Å². The number of fused-ring (bicyclic) bond motifs is 1. The first-order valence-corrected chi connectivity index (χ1v) is 11.0. The molecule has 0 radical (unpaired) electrons. The molecule has 0 bridgehead atoms. The van der Waals surface area contributed by atoms with Crippen LogP contribution < -0.4 is 5.32 Å². The minimum atomic E-state index is -0.119. The Morgan fingerprint density at radius 3 is 2.69 bits per heavy atom. The molecule has 1 aromatic carbocycles. The van der Waals surface area contributed by atoms with Crippen LogP contribution in [0.1, 0.15) is 36.9 Å². The second kappa shape index (κ2) is 9.78. The van der Waals surface area contributed by atoms with Gasteiger partial charge in [-0.05, 0) is 38.6 Å². The van der Waals surface area contributed by atoms with Gasteiger partial charge in [0.05, 0.1) is 29.1 Å². The summed E-state index contributed by atoms with van der Waals surface area (Å²) < 4.78 is 7.25. The van der Waals surface area contributed by atoms with Crippen molar-refractivity contribution >= 4 is 16.9 Å². The van der Waals surface area contributed by atoms with Crippen LogP contribution in [0.2, 0.25) is 0 Å². The molecule has 4 aromatic rings. The van der Waals surface area contributed by atoms with Crippen molar-refractivity contribution in [1.29, 1.82) is 0 Å². The maximum absolute atomic E-state index is 13.2. The third kappa shape index (κ3) is 4.73. The number of carbonyl (C=O) groups excluding carboxylic acids is 1. The molecule has 0 saturated heterocycles. The molecule has 0 aliphatic carbocycles. The van der Waals surface area contributed by atoms with E-state index >= 15 is 0 Å². The lowest BCUT2D eigenvalue weighted by molar-refractivity contribution is 0.0947. The molecule has 1 amide bonds. The molecule has 0 aliphatic rings. The van der Waals surface area contributed by atoms with Gasteiger partial charge in [-0.3, -0.25) is 9.69 Å². The van der Waals surface area contributed by atoms with Gasteiger partial charge < -0.3 is 9.73 Å². The van der Waals surface area contributed by atoms with Crippen molar-refractivity contribution in [1.82, 2.24) is 25.0 Å². The number of furan rings is 1. The van der Waals surface area contributed by atoms with Crippen LogP contribution in [0.5, 0.6) is 0 Å². The van der Waals surface area contributed by atoms with E-state index in [1.807, 2.05) is 48.5 Å². The molecule has 4 rings (SSSR count). The molecule has 166 valence electrons. The zero-order valence-electron chi connectivity index (χ0n) is 18.8. The summed E-state index contributed by atoms with van der Waals surface area (Å²) in [5, 5.41) is 8.31. The molecule has 3 aromatic heterocycles. The van der Waals surface area contributed by atoms with E-state index < -0.39 is 0 Å². The molecule has 0 spiro atoms. The summed E-state index contributed by atoms with van der Waals surface area (Å²) in [6.45, 7) is 9.24. The van der Waals surface area contributed by atoms with Gasteiger partial charge in [-0.2, -0.15) is 5.10 Å². The topological polar surface area (TPSA) is 76.2 Å². The third-order valence-electron chi connectivity index (χ3n) is 5.63. The minimum Gasteiger partial charge on any atom is -0.467 e. The van der Waals surface area contributed by atoms with E-state index in [9.17, 15) is 4.79 Å². The van der Waals surface area contributed by atoms with Crippen molar-refractivity contribution < 1.29 is 9.21 Å². The van der Waals surface area contributed by atoms with Crippen LogP contribution >= 0.6 is 0 Å². The van der Waals surface area contributed by atoms with E-state index in [4.69, 9.17) is 9.40 Å². The normalized spacial score (nSPS) is 11.5. The number of nitrogens with one attached hydrogen (secondary N) is 1. The molecule has 7 heteroatoms. The maximum Gasteiger partial charge on any atom is 0.252 e. The van der Waals surface area contributed by atoms with Crippen molar-refractivity contribution in [2.24, 2.45) is 0 Å². The Balaban J connectivity index is 1.67. The summed E-state index contributed by atoms with van der Waals surface area (Å²) in [4.78, 5) is 20.4. The molecule has 0 atom stereocenters. The molecule has 0 unspecified atom stereocenters. The Hall–Kier alpha value is -3.45. The minimum absolute atomic E-state index is 0.119. The number of hydrogen-bond donors (Lipinski definition) is 1. The lowest BCUT2D eigenvalue weighted by Crippen LogP contribution is -2.38. The molecule has 0 aliphatic heterocycles. The van der Waals surface area contributed by atoms with Gasteiger partial charge in [0.25, 0.3) is 5.91 Å². The molecule has 3 heterocycles. The maximum atomic E-state index is 13.2. The first kappa shape index (κ1) is 21.8. The van der Waals surface area contributed by atoms with Gasteiger partial charge in [0.2, 0.25) is 0 Å². The SMILES string of the molecule is CCN(CCNC(=O)c1cc(-c2ccccc2)nc2c1cnn2Cc1ccco1)C(C)C. The largest absolute Gasteiger partial charge is 0.467 e. The van der Waals surface area contributed by atoms with Crippen LogP contribution in [-0.2, 0) is 6.54 Å². The number of likely N-dealkylation sites (N-methyl/N-ethyl adjacent to an activating group) is 1. The second-order valence-corrected chi connectivity index (χ2v) is 8.02. The average molecular weight is 432 g/mol. The number of amides is 1. The second-order valence-electron chi connectivity index (χ2n) is 8.02. The van der Waals surface area contributed by atoms with Crippen molar-refractivity contribution in [3.8, 4) is 11.3 Å². The van der Waals surface area contributed by atoms with Crippen LogP contribution in [-0.4, -0.2) is 51.2 Å². The van der Waals surface area contributed by atoms with Crippen molar-refractivity contribution in [2.75, 3.05) is 19.6 Å². The molecule has 1 N–H and O–H groups in total. The fourth-order valence-corrected chi connectivity index (χ4v) is 3.85. The first-order valence-electron chi connectivity index (χ1n) is 11.0. The molecule has 7 nitrogen and oxygen atoms in total. The third-order valence-corrected chi connectivity index (χ3v) is 5.63. The zero-order valence-corrected chi connectivity index (χ0v) is 18.8. The lowest BCUT2D eigenvalue weighted by atomic mass is 10.1. The number of aromatic nitrogens is 3. The van der Waals surface area contributed by atoms with Gasteiger partial charge in [0.15, 0.2) is 5.65 Å². The number of hydrogen-bond acceptors (Lipinski definition) is 5. The predicted octanol–water partition coefficient (Wildman–Crippen LogP) is 4.20. The highest BCUT2D eigenvalue weighted by Crippen LogP contribution is 2.25. The first-order chi connectivity index (χ1) is 15.6. The summed E-state index contributed by atoms with van der Waals surface area (Å²) in [7, 11) is 0. The summed E-state index contributed by atoms with van der Waals surface area (Å²) >= 11 is 0. The number of nitrogens with zero attached hydrogens (tertiary/aromatic N) is 4. The lowest BCUT2D eigenvalue weighted by Gasteiger charge is -2.24. The van der Waals surface area contributed by atoms with E-state index in [0.717, 1.165) is 35.5 Å². The highest BCUT2D eigenvalue weighted by molar-refractivity contribution is 6.06. The summed E-state index contributed by atoms with van der Waals surface area (Å²) in [6, 6.07) is 15.9. The Morgan fingerprint density at radius 1 is 1.19 bits per heavy atom. The van der Waals surface area contributed by atoms with Crippen LogP contribution in [0.4, 0.5) is 0 Å². The fourth-order valence-electron chi connectivity index (χ4n) is 3.85. The molecule has 32 heavy (non-hydrogen) atoms. The van der Waals surface area contributed by atoms with E-state index in [-0.39, 0.29) is 5.91 Å². The molecular weight excluding hydrogens is 402 g/mol. The van der Waals surface area contributed by atoms with Gasteiger partial charge in [-0.1, -0.05) is 37.3 Å². The number of carbonyl (C=O) groups is 1. The van der Waals surface area contributed by atoms with Crippen LogP contribution in [0.3, 0.4) is 0 Å². The number of pyridine rings is 1. The van der Waals surface area contributed by atoms with Crippen molar-refractivity contribution in [2.45, 2.75) is 33.4 Å². The van der Waals surface area contributed by atoms with Crippen LogP contribution in [0.15, 0.2) is 65.4 Å². The standard InChI is InChI=1S/C25H29N5O2/c1-4-29(18(2)3)13-12-26-25(31)21-15-23(19-9-6-5-7-10-19)28-24-22(21)16-27-30(24)17-20-11-8-14-32-20/h5-11,14-16,18H,4,12-13,17H2,1-3H3,(H,26,31). The average Bonchev–Trinajstić information content (AvgIpc) is 3.47. The van der Waals surface area contributed by atoms with Gasteiger partial charge in [0, 0.05) is 24.7 Å². The van der Waals surface area contributed by atoms with E-state index in [0.29, 0.717) is 30.3 Å². The highest BCUT2D eigenvalue weighted by Gasteiger charge is 2.18. The Morgan fingerprint density at radius 2 is 2.00 bits per heavy atom. The molecular formula is C25H29N5O2. The van der Waals surface area contributed by atoms with Gasteiger partial charge in [-0.15, -0.1) is 0 Å². The van der Waals surface area contributed by atoms with Gasteiger partial charge >= 0.3 is 0 Å². The molecule has 0 fully saturated rings. The van der Waals surface area contributed by atoms with E-state index in [1.54, 1.807) is 17.1 Å². The number of benzene rings is 1. The summed E-state index contributed by atoms with van der Waals surface area (Å²) in [6.07, 6.45) is 3.35. The summed E-state index contributed by atoms with van der Waals surface area (Å²) in [5.41, 5.74) is 2.92.